The lowest BCUT2D eigenvalue weighted by molar-refractivity contribution is -0.0542. The normalized spacial score (nSPS) is 27.2. The first-order valence-electron chi connectivity index (χ1n) is 8.49. The summed E-state index contributed by atoms with van der Waals surface area (Å²) in [6.07, 6.45) is 1.95. The highest BCUT2D eigenvalue weighted by Crippen LogP contribution is 2.25. The maximum atomic E-state index is 6.30. The molecule has 0 bridgehead atoms. The van der Waals surface area contributed by atoms with Gasteiger partial charge in [0.2, 0.25) is 0 Å². The second kappa shape index (κ2) is 7.72. The summed E-state index contributed by atoms with van der Waals surface area (Å²) in [6.45, 7) is 5.03. The lowest BCUT2D eigenvalue weighted by atomic mass is 10.1. The Labute approximate surface area is 146 Å². The Morgan fingerprint density at radius 2 is 2.33 bits per heavy atom. The quantitative estimate of drug-likeness (QED) is 0.866. The van der Waals surface area contributed by atoms with Crippen LogP contribution in [0.3, 0.4) is 0 Å². The van der Waals surface area contributed by atoms with Crippen molar-refractivity contribution in [1.82, 2.24) is 15.2 Å². The van der Waals surface area contributed by atoms with E-state index in [9.17, 15) is 0 Å². The van der Waals surface area contributed by atoms with E-state index in [1.165, 1.54) is 4.88 Å². The van der Waals surface area contributed by atoms with Crippen LogP contribution in [0.25, 0.3) is 0 Å². The van der Waals surface area contributed by atoms with Gasteiger partial charge in [-0.1, -0.05) is 12.1 Å². The maximum absolute atomic E-state index is 6.30. The van der Waals surface area contributed by atoms with Gasteiger partial charge in [0.1, 0.15) is 0 Å². The van der Waals surface area contributed by atoms with E-state index in [1.807, 2.05) is 24.4 Å². The molecule has 0 unspecified atom stereocenters. The molecule has 6 heteroatoms. The molecular weight excluding hydrogens is 322 g/mol. The van der Waals surface area contributed by atoms with E-state index in [0.717, 1.165) is 38.5 Å². The molecule has 4 heterocycles. The molecule has 0 amide bonds. The summed E-state index contributed by atoms with van der Waals surface area (Å²) >= 11 is 1.79. The summed E-state index contributed by atoms with van der Waals surface area (Å²) in [4.78, 5) is 8.23. The van der Waals surface area contributed by atoms with Crippen LogP contribution >= 0.6 is 11.3 Å². The van der Waals surface area contributed by atoms with Gasteiger partial charge in [0.15, 0.2) is 0 Å². The Bertz CT molecular complexity index is 622. The van der Waals surface area contributed by atoms with Crippen LogP contribution in [0.15, 0.2) is 41.9 Å². The molecule has 1 N–H and O–H groups in total. The summed E-state index contributed by atoms with van der Waals surface area (Å²) in [5.41, 5.74) is 0.977. The Hall–Kier alpha value is -1.31. The molecule has 0 radical (unpaired) electrons. The molecule has 2 saturated heterocycles. The molecule has 2 aliphatic rings. The average molecular weight is 345 g/mol. The fourth-order valence-corrected chi connectivity index (χ4v) is 4.18. The minimum absolute atomic E-state index is 0.132. The zero-order valence-corrected chi connectivity index (χ0v) is 14.5. The standard InChI is InChI=1S/C18H23N3O2S/c1-2-6-19-14(4-1)12-23-18-16(20-10-15-5-3-9-24-15)11-21-7-8-22-13-17(18)21/h1-6,9,16-18,20H,7-8,10-13H2/t16-,17-,18+/m0/s1. The van der Waals surface area contributed by atoms with Crippen molar-refractivity contribution in [2.75, 3.05) is 26.3 Å². The van der Waals surface area contributed by atoms with Gasteiger partial charge in [0.25, 0.3) is 0 Å². The summed E-state index contributed by atoms with van der Waals surface area (Å²) < 4.78 is 12.0. The fourth-order valence-electron chi connectivity index (χ4n) is 3.53. The van der Waals surface area contributed by atoms with Crippen LogP contribution < -0.4 is 5.32 Å². The number of thiophene rings is 1. The monoisotopic (exact) mass is 345 g/mol. The van der Waals surface area contributed by atoms with Crippen molar-refractivity contribution in [2.24, 2.45) is 0 Å². The zero-order chi connectivity index (χ0) is 16.2. The topological polar surface area (TPSA) is 46.6 Å². The van der Waals surface area contributed by atoms with Crippen LogP contribution in [0.5, 0.6) is 0 Å². The molecule has 3 atom stereocenters. The average Bonchev–Trinajstić information content (AvgIpc) is 3.26. The number of rotatable bonds is 6. The number of aromatic nitrogens is 1. The lowest BCUT2D eigenvalue weighted by Gasteiger charge is -2.32. The molecule has 0 aromatic carbocycles. The van der Waals surface area contributed by atoms with Crippen molar-refractivity contribution in [3.8, 4) is 0 Å². The molecule has 4 rings (SSSR count). The third kappa shape index (κ3) is 3.68. The highest BCUT2D eigenvalue weighted by atomic mass is 32.1. The predicted octanol–water partition coefficient (Wildman–Crippen LogP) is 1.90. The minimum Gasteiger partial charge on any atom is -0.378 e. The molecule has 5 nitrogen and oxygen atoms in total. The van der Waals surface area contributed by atoms with Crippen molar-refractivity contribution in [3.05, 3.63) is 52.5 Å². The highest BCUT2D eigenvalue weighted by molar-refractivity contribution is 7.09. The molecule has 24 heavy (non-hydrogen) atoms. The van der Waals surface area contributed by atoms with E-state index < -0.39 is 0 Å². The summed E-state index contributed by atoms with van der Waals surface area (Å²) in [7, 11) is 0. The molecule has 0 spiro atoms. The largest absolute Gasteiger partial charge is 0.378 e. The van der Waals surface area contributed by atoms with E-state index in [2.05, 4.69) is 32.7 Å². The van der Waals surface area contributed by atoms with Crippen LogP contribution in [0.1, 0.15) is 10.6 Å². The molecule has 0 aliphatic carbocycles. The molecule has 0 saturated carbocycles. The second-order valence-corrected chi connectivity index (χ2v) is 7.33. The smallest absolute Gasteiger partial charge is 0.0923 e. The first-order valence-corrected chi connectivity index (χ1v) is 9.37. The predicted molar refractivity (Wildman–Crippen MR) is 93.9 cm³/mol. The molecule has 2 aromatic rings. The number of fused-ring (bicyclic) bond motifs is 1. The zero-order valence-electron chi connectivity index (χ0n) is 13.6. The Morgan fingerprint density at radius 3 is 3.17 bits per heavy atom. The van der Waals surface area contributed by atoms with Crippen LogP contribution in [0, 0.1) is 0 Å². The Morgan fingerprint density at radius 1 is 1.33 bits per heavy atom. The SMILES string of the molecule is c1ccc(CO[C@@H]2[C@@H](NCc3cccs3)CN3CCOC[C@@H]23)nc1. The van der Waals surface area contributed by atoms with Crippen molar-refractivity contribution < 1.29 is 9.47 Å². The third-order valence-electron chi connectivity index (χ3n) is 4.76. The van der Waals surface area contributed by atoms with Gasteiger partial charge in [-0.15, -0.1) is 11.3 Å². The first kappa shape index (κ1) is 16.2. The maximum Gasteiger partial charge on any atom is 0.0923 e. The van der Waals surface area contributed by atoms with E-state index in [4.69, 9.17) is 9.47 Å². The minimum atomic E-state index is 0.132. The van der Waals surface area contributed by atoms with Crippen molar-refractivity contribution in [2.45, 2.75) is 31.3 Å². The van der Waals surface area contributed by atoms with Gasteiger partial charge in [0.05, 0.1) is 37.7 Å². The van der Waals surface area contributed by atoms with Crippen LogP contribution in [-0.4, -0.2) is 54.4 Å². The van der Waals surface area contributed by atoms with Crippen LogP contribution in [0.4, 0.5) is 0 Å². The summed E-state index contributed by atoms with van der Waals surface area (Å²) in [6, 6.07) is 10.9. The van der Waals surface area contributed by atoms with E-state index in [0.29, 0.717) is 18.7 Å². The van der Waals surface area contributed by atoms with E-state index >= 15 is 0 Å². The Balaban J connectivity index is 1.41. The number of hydrogen-bond acceptors (Lipinski definition) is 6. The number of hydrogen-bond donors (Lipinski definition) is 1. The molecule has 2 fully saturated rings. The number of morpholine rings is 1. The third-order valence-corrected chi connectivity index (χ3v) is 5.63. The van der Waals surface area contributed by atoms with Crippen molar-refractivity contribution in [3.63, 3.8) is 0 Å². The Kier molecular flexibility index (Phi) is 5.20. The van der Waals surface area contributed by atoms with Gasteiger partial charge in [-0.05, 0) is 23.6 Å². The summed E-state index contributed by atoms with van der Waals surface area (Å²) in [5, 5.41) is 5.82. The van der Waals surface area contributed by atoms with Gasteiger partial charge in [-0.3, -0.25) is 9.88 Å². The number of nitrogens with one attached hydrogen (secondary N) is 1. The van der Waals surface area contributed by atoms with Gasteiger partial charge >= 0.3 is 0 Å². The fraction of sp³-hybridized carbons (Fsp3) is 0.500. The molecular formula is C18H23N3O2S. The van der Waals surface area contributed by atoms with Crippen molar-refractivity contribution in [1.29, 1.82) is 0 Å². The van der Waals surface area contributed by atoms with Gasteiger partial charge in [-0.25, -0.2) is 0 Å². The summed E-state index contributed by atoms with van der Waals surface area (Å²) in [5.74, 6) is 0. The highest BCUT2D eigenvalue weighted by Gasteiger charge is 2.43. The van der Waals surface area contributed by atoms with E-state index in [1.54, 1.807) is 11.3 Å². The van der Waals surface area contributed by atoms with Gasteiger partial charge < -0.3 is 14.8 Å². The van der Waals surface area contributed by atoms with Crippen LogP contribution in [0.2, 0.25) is 0 Å². The number of nitrogens with zero attached hydrogens (tertiary/aromatic N) is 2. The lowest BCUT2D eigenvalue weighted by Crippen LogP contribution is -2.47. The molecule has 128 valence electrons. The van der Waals surface area contributed by atoms with E-state index in [-0.39, 0.29) is 6.10 Å². The first-order chi connectivity index (χ1) is 11.9. The second-order valence-electron chi connectivity index (χ2n) is 6.30. The van der Waals surface area contributed by atoms with Crippen LogP contribution in [-0.2, 0) is 22.6 Å². The number of ether oxygens (including phenoxy) is 2. The molecule has 2 aromatic heterocycles. The van der Waals surface area contributed by atoms with Gasteiger partial charge in [-0.2, -0.15) is 0 Å². The molecule has 2 aliphatic heterocycles. The number of pyridine rings is 1. The van der Waals surface area contributed by atoms with Gasteiger partial charge in [0, 0.05) is 36.8 Å². The van der Waals surface area contributed by atoms with Crippen molar-refractivity contribution >= 4 is 11.3 Å².